The van der Waals surface area contributed by atoms with Gasteiger partial charge < -0.3 is 5.32 Å². The Morgan fingerprint density at radius 2 is 1.23 bits per heavy atom. The Morgan fingerprint density at radius 1 is 0.692 bits per heavy atom. The first-order valence-electron chi connectivity index (χ1n) is 10.6. The van der Waals surface area contributed by atoms with Gasteiger partial charge in [-0.05, 0) is 37.5 Å². The Kier molecular flexibility index (Phi) is 9.31. The van der Waals surface area contributed by atoms with Crippen LogP contribution in [-0.4, -0.2) is 5.54 Å². The second kappa shape index (κ2) is 11.8. The molecule has 0 saturated heterocycles. The van der Waals surface area contributed by atoms with E-state index in [9.17, 15) is 0 Å². The fourth-order valence-electron chi connectivity index (χ4n) is 3.76. The topological polar surface area (TPSA) is 12.0 Å². The first kappa shape index (κ1) is 20.6. The molecule has 1 heteroatoms. The normalized spacial score (nSPS) is 13.3. The molecule has 2 aromatic carbocycles. The van der Waals surface area contributed by atoms with Crippen LogP contribution in [0.25, 0.3) is 0 Å². The van der Waals surface area contributed by atoms with Crippen LogP contribution in [0.3, 0.4) is 0 Å². The van der Waals surface area contributed by atoms with Crippen molar-refractivity contribution >= 4 is 5.69 Å². The van der Waals surface area contributed by atoms with Crippen LogP contribution in [0, 0.1) is 0 Å². The third kappa shape index (κ3) is 8.08. The van der Waals surface area contributed by atoms with Crippen molar-refractivity contribution in [1.29, 1.82) is 0 Å². The van der Waals surface area contributed by atoms with Crippen molar-refractivity contribution in [1.82, 2.24) is 0 Å². The zero-order valence-corrected chi connectivity index (χ0v) is 16.8. The molecule has 0 aromatic heterocycles. The van der Waals surface area contributed by atoms with Crippen molar-refractivity contribution in [3.8, 4) is 0 Å². The van der Waals surface area contributed by atoms with E-state index in [-0.39, 0.29) is 5.54 Å². The van der Waals surface area contributed by atoms with Crippen LogP contribution < -0.4 is 5.32 Å². The highest BCUT2D eigenvalue weighted by Crippen LogP contribution is 2.26. The minimum absolute atomic E-state index is 0.102. The third-order valence-corrected chi connectivity index (χ3v) is 5.24. The van der Waals surface area contributed by atoms with Crippen LogP contribution in [-0.2, 0) is 6.42 Å². The van der Waals surface area contributed by atoms with Gasteiger partial charge in [-0.25, -0.2) is 0 Å². The monoisotopic (exact) mass is 351 g/mol. The van der Waals surface area contributed by atoms with Gasteiger partial charge in [0, 0.05) is 11.2 Å². The number of rotatable bonds is 13. The van der Waals surface area contributed by atoms with E-state index in [0.717, 1.165) is 6.42 Å². The summed E-state index contributed by atoms with van der Waals surface area (Å²) >= 11 is 0. The molecule has 0 radical (unpaired) electrons. The summed E-state index contributed by atoms with van der Waals surface area (Å²) in [7, 11) is 0. The molecule has 0 amide bonds. The summed E-state index contributed by atoms with van der Waals surface area (Å²) in [6.45, 7) is 4.67. The predicted octanol–water partition coefficient (Wildman–Crippen LogP) is 7.63. The standard InChI is InChI=1S/C25H37N/c1-3-4-5-6-7-8-9-16-21-25(2,22-23-17-12-10-13-18-23)26-24-19-14-11-15-20-24/h10-15,17-20,26H,3-9,16,21-22H2,1-2H3/t25-/m0/s1. The number of nitrogens with one attached hydrogen (secondary N) is 1. The summed E-state index contributed by atoms with van der Waals surface area (Å²) in [5, 5.41) is 3.82. The summed E-state index contributed by atoms with van der Waals surface area (Å²) in [6.07, 6.45) is 13.3. The number of hydrogen-bond acceptors (Lipinski definition) is 1. The van der Waals surface area contributed by atoms with Crippen molar-refractivity contribution in [2.24, 2.45) is 0 Å². The maximum atomic E-state index is 3.82. The number of benzene rings is 2. The number of hydrogen-bond donors (Lipinski definition) is 1. The predicted molar refractivity (Wildman–Crippen MR) is 116 cm³/mol. The van der Waals surface area contributed by atoms with Gasteiger partial charge in [0.2, 0.25) is 0 Å². The molecule has 0 heterocycles. The number of para-hydroxylation sites is 1. The minimum Gasteiger partial charge on any atom is -0.380 e. The molecule has 2 aromatic rings. The van der Waals surface area contributed by atoms with E-state index >= 15 is 0 Å². The summed E-state index contributed by atoms with van der Waals surface area (Å²) in [4.78, 5) is 0. The van der Waals surface area contributed by atoms with Gasteiger partial charge in [0.25, 0.3) is 0 Å². The quantitative estimate of drug-likeness (QED) is 0.366. The lowest BCUT2D eigenvalue weighted by molar-refractivity contribution is 0.435. The molecule has 26 heavy (non-hydrogen) atoms. The molecule has 1 atom stereocenters. The van der Waals surface area contributed by atoms with Crippen LogP contribution in [0.15, 0.2) is 60.7 Å². The average Bonchev–Trinajstić information content (AvgIpc) is 2.65. The van der Waals surface area contributed by atoms with E-state index in [0.29, 0.717) is 0 Å². The smallest absolute Gasteiger partial charge is 0.0385 e. The zero-order valence-electron chi connectivity index (χ0n) is 16.8. The lowest BCUT2D eigenvalue weighted by Gasteiger charge is -2.32. The Morgan fingerprint density at radius 3 is 1.85 bits per heavy atom. The zero-order chi connectivity index (χ0) is 18.5. The van der Waals surface area contributed by atoms with Crippen molar-refractivity contribution in [2.75, 3.05) is 5.32 Å². The second-order valence-corrected chi connectivity index (χ2v) is 7.94. The lowest BCUT2D eigenvalue weighted by Crippen LogP contribution is -2.37. The maximum Gasteiger partial charge on any atom is 0.0385 e. The Labute approximate surface area is 161 Å². The summed E-state index contributed by atoms with van der Waals surface area (Å²) in [6, 6.07) is 21.6. The highest BCUT2D eigenvalue weighted by molar-refractivity contribution is 5.45. The highest BCUT2D eigenvalue weighted by atomic mass is 15.0. The summed E-state index contributed by atoms with van der Waals surface area (Å²) in [5.41, 5.74) is 2.74. The minimum atomic E-state index is 0.102. The second-order valence-electron chi connectivity index (χ2n) is 7.94. The van der Waals surface area contributed by atoms with Gasteiger partial charge in [0.1, 0.15) is 0 Å². The van der Waals surface area contributed by atoms with Gasteiger partial charge in [-0.1, -0.05) is 107 Å². The molecule has 1 N–H and O–H groups in total. The summed E-state index contributed by atoms with van der Waals surface area (Å²) in [5.74, 6) is 0. The largest absolute Gasteiger partial charge is 0.380 e. The molecule has 142 valence electrons. The van der Waals surface area contributed by atoms with Crippen molar-refractivity contribution in [2.45, 2.75) is 83.6 Å². The van der Waals surface area contributed by atoms with Crippen molar-refractivity contribution in [3.05, 3.63) is 66.2 Å². The molecule has 0 unspecified atom stereocenters. The molecule has 0 aliphatic heterocycles. The van der Waals surface area contributed by atoms with Crippen LogP contribution in [0.5, 0.6) is 0 Å². The van der Waals surface area contributed by atoms with E-state index in [1.54, 1.807) is 0 Å². The van der Waals surface area contributed by atoms with Gasteiger partial charge >= 0.3 is 0 Å². The Hall–Kier alpha value is -1.76. The molecule has 0 aliphatic carbocycles. The molecular weight excluding hydrogens is 314 g/mol. The lowest BCUT2D eigenvalue weighted by atomic mass is 9.86. The number of anilines is 1. The van der Waals surface area contributed by atoms with Crippen LogP contribution >= 0.6 is 0 Å². The molecule has 0 spiro atoms. The maximum absolute atomic E-state index is 3.82. The molecular formula is C25H37N. The first-order chi connectivity index (χ1) is 12.7. The molecule has 0 fully saturated rings. The molecule has 1 nitrogen and oxygen atoms in total. The van der Waals surface area contributed by atoms with E-state index in [1.807, 2.05) is 0 Å². The van der Waals surface area contributed by atoms with Crippen LogP contribution in [0.2, 0.25) is 0 Å². The van der Waals surface area contributed by atoms with E-state index < -0.39 is 0 Å². The van der Waals surface area contributed by atoms with Gasteiger partial charge in [0.15, 0.2) is 0 Å². The van der Waals surface area contributed by atoms with E-state index in [1.165, 1.54) is 69.0 Å². The van der Waals surface area contributed by atoms with Gasteiger partial charge in [0.05, 0.1) is 0 Å². The summed E-state index contributed by atoms with van der Waals surface area (Å²) < 4.78 is 0. The van der Waals surface area contributed by atoms with E-state index in [2.05, 4.69) is 79.8 Å². The molecule has 0 aliphatic rings. The molecule has 0 saturated carbocycles. The third-order valence-electron chi connectivity index (χ3n) is 5.24. The van der Waals surface area contributed by atoms with Crippen molar-refractivity contribution in [3.63, 3.8) is 0 Å². The van der Waals surface area contributed by atoms with Crippen molar-refractivity contribution < 1.29 is 0 Å². The van der Waals surface area contributed by atoms with E-state index in [4.69, 9.17) is 0 Å². The molecule has 2 rings (SSSR count). The highest BCUT2D eigenvalue weighted by Gasteiger charge is 2.24. The average molecular weight is 352 g/mol. The first-order valence-corrected chi connectivity index (χ1v) is 10.6. The molecule has 0 bridgehead atoms. The fourth-order valence-corrected chi connectivity index (χ4v) is 3.76. The van der Waals surface area contributed by atoms with Crippen LogP contribution in [0.1, 0.15) is 77.2 Å². The Balaban J connectivity index is 1.84. The SMILES string of the molecule is CCCCCCCCCC[C@@](C)(Cc1ccccc1)Nc1ccccc1. The van der Waals surface area contributed by atoms with Crippen LogP contribution in [0.4, 0.5) is 5.69 Å². The Bertz CT molecular complexity index is 534. The van der Waals surface area contributed by atoms with Gasteiger partial charge in [-0.2, -0.15) is 0 Å². The van der Waals surface area contributed by atoms with Gasteiger partial charge in [-0.15, -0.1) is 0 Å². The fraction of sp³-hybridized carbons (Fsp3) is 0.520. The van der Waals surface area contributed by atoms with Gasteiger partial charge in [-0.3, -0.25) is 0 Å². The number of unbranched alkanes of at least 4 members (excludes halogenated alkanes) is 7.